The lowest BCUT2D eigenvalue weighted by atomic mass is 9.86. The summed E-state index contributed by atoms with van der Waals surface area (Å²) >= 11 is 0. The molecule has 160 valence electrons. The van der Waals surface area contributed by atoms with Crippen molar-refractivity contribution in [3.8, 4) is 0 Å². The van der Waals surface area contributed by atoms with Crippen LogP contribution >= 0.6 is 0 Å². The maximum Gasteiger partial charge on any atom is 0.339 e. The van der Waals surface area contributed by atoms with Crippen molar-refractivity contribution in [3.63, 3.8) is 0 Å². The predicted octanol–water partition coefficient (Wildman–Crippen LogP) is 2.72. The maximum atomic E-state index is 12.5. The second kappa shape index (κ2) is 7.97. The van der Waals surface area contributed by atoms with Crippen LogP contribution in [-0.4, -0.2) is 17.9 Å². The number of rotatable bonds is 6. The van der Waals surface area contributed by atoms with Crippen LogP contribution in [-0.2, 0) is 21.4 Å². The summed E-state index contributed by atoms with van der Waals surface area (Å²) in [5.74, 6) is -1.78. The van der Waals surface area contributed by atoms with Crippen LogP contribution in [0.4, 0.5) is 0 Å². The summed E-state index contributed by atoms with van der Waals surface area (Å²) < 4.78 is 11.2. The minimum Gasteiger partial charge on any atom is -0.548 e. The second-order valence-electron chi connectivity index (χ2n) is 8.58. The first-order chi connectivity index (χ1) is 14.0. The molecule has 2 heterocycles. The fourth-order valence-corrected chi connectivity index (χ4v) is 3.61. The summed E-state index contributed by atoms with van der Waals surface area (Å²) in [6, 6.07) is 2.63. The van der Waals surface area contributed by atoms with Crippen LogP contribution in [0.2, 0.25) is 0 Å². The van der Waals surface area contributed by atoms with Crippen LogP contribution in [0, 0.1) is 6.92 Å². The molecule has 1 N–H and O–H groups in total. The molecule has 2 aromatic heterocycles. The third-order valence-electron chi connectivity index (χ3n) is 5.42. The van der Waals surface area contributed by atoms with E-state index in [-0.39, 0.29) is 24.7 Å². The van der Waals surface area contributed by atoms with Crippen LogP contribution in [0.15, 0.2) is 32.0 Å². The highest BCUT2D eigenvalue weighted by molar-refractivity contribution is 5.97. The average Bonchev–Trinajstić information content (AvgIpc) is 3.07. The van der Waals surface area contributed by atoms with Gasteiger partial charge >= 0.3 is 5.63 Å². The van der Waals surface area contributed by atoms with Gasteiger partial charge in [-0.05, 0) is 36.8 Å². The predicted molar refractivity (Wildman–Crippen MR) is 111 cm³/mol. The molecular weight excluding hydrogens is 386 g/mol. The zero-order valence-electron chi connectivity index (χ0n) is 17.9. The first-order valence-corrected chi connectivity index (χ1v) is 10.0. The highest BCUT2D eigenvalue weighted by Gasteiger charge is 2.22. The van der Waals surface area contributed by atoms with E-state index < -0.39 is 23.5 Å². The smallest absolute Gasteiger partial charge is 0.339 e. The Kier molecular flexibility index (Phi) is 5.74. The molecule has 30 heavy (non-hydrogen) atoms. The summed E-state index contributed by atoms with van der Waals surface area (Å²) in [5.41, 5.74) is 2.65. The van der Waals surface area contributed by atoms with Gasteiger partial charge in [0.1, 0.15) is 11.2 Å². The van der Waals surface area contributed by atoms with Crippen LogP contribution < -0.4 is 16.0 Å². The standard InChI is InChI=1S/C23H27NO6/c1-6-17(21(26)27)24-20(25)8-7-13-12(2)14-9-15-16(23(3,4)5)11-29-18(15)10-19(14)30-22(13)28/h9-11,17H,6-8H2,1-5H3,(H,24,25)(H,26,27)/p-1/t17-/m0/s1. The zero-order valence-corrected chi connectivity index (χ0v) is 17.9. The van der Waals surface area contributed by atoms with Crippen molar-refractivity contribution < 1.29 is 23.5 Å². The number of carboxylic acid groups (broad SMARTS) is 1. The third-order valence-corrected chi connectivity index (χ3v) is 5.42. The van der Waals surface area contributed by atoms with Crippen molar-refractivity contribution in [1.29, 1.82) is 0 Å². The molecule has 0 bridgehead atoms. The van der Waals surface area contributed by atoms with Gasteiger partial charge in [-0.3, -0.25) is 4.79 Å². The van der Waals surface area contributed by atoms with Gasteiger partial charge in [-0.15, -0.1) is 0 Å². The Balaban J connectivity index is 1.96. The van der Waals surface area contributed by atoms with E-state index in [2.05, 4.69) is 26.1 Å². The molecule has 7 heteroatoms. The number of carbonyl (C=O) groups is 2. The molecule has 7 nitrogen and oxygen atoms in total. The molecule has 0 aliphatic heterocycles. The van der Waals surface area contributed by atoms with Crippen LogP contribution in [0.3, 0.4) is 0 Å². The van der Waals surface area contributed by atoms with Crippen molar-refractivity contribution in [3.05, 3.63) is 45.5 Å². The van der Waals surface area contributed by atoms with E-state index >= 15 is 0 Å². The molecule has 1 aromatic carbocycles. The molecule has 0 aliphatic carbocycles. The number of amides is 1. The Morgan fingerprint density at radius 1 is 1.17 bits per heavy atom. The van der Waals surface area contributed by atoms with Gasteiger partial charge in [0.05, 0.1) is 18.3 Å². The summed E-state index contributed by atoms with van der Waals surface area (Å²) in [6.07, 6.45) is 2.07. The fourth-order valence-electron chi connectivity index (χ4n) is 3.61. The summed E-state index contributed by atoms with van der Waals surface area (Å²) in [6.45, 7) is 9.76. The van der Waals surface area contributed by atoms with Gasteiger partial charge < -0.3 is 24.1 Å². The van der Waals surface area contributed by atoms with Crippen molar-refractivity contribution in [2.45, 2.75) is 65.3 Å². The van der Waals surface area contributed by atoms with Crippen LogP contribution in [0.5, 0.6) is 0 Å². The number of aryl methyl sites for hydroxylation is 1. The third kappa shape index (κ3) is 4.10. The molecule has 0 aliphatic rings. The minimum absolute atomic E-state index is 0.0257. The molecule has 1 amide bonds. The average molecular weight is 412 g/mol. The lowest BCUT2D eigenvalue weighted by molar-refractivity contribution is -0.308. The van der Waals surface area contributed by atoms with Crippen LogP contribution in [0.1, 0.15) is 57.2 Å². The summed E-state index contributed by atoms with van der Waals surface area (Å²) in [5, 5.41) is 15.1. The maximum absolute atomic E-state index is 12.5. The first-order valence-electron chi connectivity index (χ1n) is 10.0. The Morgan fingerprint density at radius 3 is 2.47 bits per heavy atom. The largest absolute Gasteiger partial charge is 0.548 e. The molecule has 0 spiro atoms. The van der Waals surface area contributed by atoms with Crippen molar-refractivity contribution in [2.24, 2.45) is 0 Å². The van der Waals surface area contributed by atoms with E-state index in [0.717, 1.165) is 21.9 Å². The number of furan rings is 1. The number of hydrogen-bond donors (Lipinski definition) is 1. The van der Waals surface area contributed by atoms with Crippen molar-refractivity contribution >= 4 is 33.8 Å². The van der Waals surface area contributed by atoms with Crippen molar-refractivity contribution in [1.82, 2.24) is 5.32 Å². The number of hydrogen-bond acceptors (Lipinski definition) is 6. The molecule has 0 unspecified atom stereocenters. The summed E-state index contributed by atoms with van der Waals surface area (Å²) in [4.78, 5) is 35.6. The Bertz CT molecular complexity index is 1180. The Labute approximate surface area is 174 Å². The van der Waals surface area contributed by atoms with Gasteiger partial charge in [0, 0.05) is 34.4 Å². The monoisotopic (exact) mass is 412 g/mol. The first kappa shape index (κ1) is 21.6. The van der Waals surface area contributed by atoms with E-state index in [1.165, 1.54) is 0 Å². The molecule has 3 rings (SSSR count). The van der Waals surface area contributed by atoms with Gasteiger partial charge in [0.25, 0.3) is 0 Å². The van der Waals surface area contributed by atoms with E-state index in [4.69, 9.17) is 8.83 Å². The zero-order chi connectivity index (χ0) is 22.2. The molecule has 0 saturated heterocycles. The van der Waals surface area contributed by atoms with Gasteiger partial charge in [-0.1, -0.05) is 27.7 Å². The SMILES string of the molecule is CC[C@H](NC(=O)CCc1c(C)c2cc3c(C(C)(C)C)coc3cc2oc1=O)C(=O)[O-]. The number of benzene rings is 1. The quantitative estimate of drug-likeness (QED) is 0.623. The Hall–Kier alpha value is -3.09. The van der Waals surface area contributed by atoms with E-state index in [1.807, 2.05) is 13.0 Å². The molecule has 3 aromatic rings. The van der Waals surface area contributed by atoms with E-state index in [9.17, 15) is 19.5 Å². The van der Waals surface area contributed by atoms with Gasteiger partial charge in [0.2, 0.25) is 5.91 Å². The van der Waals surface area contributed by atoms with Gasteiger partial charge in [0.15, 0.2) is 0 Å². The second-order valence-corrected chi connectivity index (χ2v) is 8.58. The number of carbonyl (C=O) groups excluding carboxylic acids is 2. The minimum atomic E-state index is -1.33. The molecule has 0 radical (unpaired) electrons. The molecule has 1 atom stereocenters. The van der Waals surface area contributed by atoms with E-state index in [1.54, 1.807) is 19.3 Å². The molecule has 0 fully saturated rings. The highest BCUT2D eigenvalue weighted by atomic mass is 16.4. The number of carboxylic acids is 1. The number of aliphatic carboxylic acids is 1. The number of fused-ring (bicyclic) bond motifs is 2. The van der Waals surface area contributed by atoms with E-state index in [0.29, 0.717) is 16.7 Å². The Morgan fingerprint density at radius 2 is 1.87 bits per heavy atom. The molecule has 0 saturated carbocycles. The van der Waals surface area contributed by atoms with Gasteiger partial charge in [-0.25, -0.2) is 4.79 Å². The summed E-state index contributed by atoms with van der Waals surface area (Å²) in [7, 11) is 0. The lowest BCUT2D eigenvalue weighted by Crippen LogP contribution is -2.47. The highest BCUT2D eigenvalue weighted by Crippen LogP contribution is 2.35. The normalized spacial score (nSPS) is 13.0. The topological polar surface area (TPSA) is 113 Å². The lowest BCUT2D eigenvalue weighted by Gasteiger charge is -2.18. The number of nitrogens with one attached hydrogen (secondary N) is 1. The fraction of sp³-hybridized carbons (Fsp3) is 0.435. The van der Waals surface area contributed by atoms with Crippen LogP contribution in [0.25, 0.3) is 21.9 Å². The van der Waals surface area contributed by atoms with Crippen molar-refractivity contribution in [2.75, 3.05) is 0 Å². The molecular formula is C23H26NO6-. The van der Waals surface area contributed by atoms with Gasteiger partial charge in [-0.2, -0.15) is 0 Å².